The van der Waals surface area contributed by atoms with Gasteiger partial charge >= 0.3 is 0 Å². The van der Waals surface area contributed by atoms with Crippen LogP contribution in [0.3, 0.4) is 0 Å². The predicted octanol–water partition coefficient (Wildman–Crippen LogP) is 3.74. The van der Waals surface area contributed by atoms with E-state index in [1.807, 2.05) is 46.8 Å². The number of carbonyl (C=O) groups is 1. The van der Waals surface area contributed by atoms with Crippen LogP contribution in [0.1, 0.15) is 38.2 Å². The number of aromatic nitrogens is 4. The molecule has 1 saturated heterocycles. The second-order valence-corrected chi connectivity index (χ2v) is 8.68. The number of fused-ring (bicyclic) bond motifs is 1. The second-order valence-electron chi connectivity index (χ2n) is 8.03. The number of aryl methyl sites for hydroxylation is 2. The van der Waals surface area contributed by atoms with Crippen molar-refractivity contribution >= 4 is 34.4 Å². The number of benzene rings is 1. The molecule has 1 amide bonds. The number of alkyl halides is 1. The van der Waals surface area contributed by atoms with Crippen LogP contribution < -0.4 is 4.90 Å². The normalized spacial score (nSPS) is 15.5. The predicted molar refractivity (Wildman–Crippen MR) is 124 cm³/mol. The number of anilines is 1. The minimum Gasteiger partial charge on any atom is -0.352 e. The van der Waals surface area contributed by atoms with Crippen molar-refractivity contribution < 1.29 is 4.79 Å². The Balaban J connectivity index is 1.74. The smallest absolute Gasteiger partial charge is 0.240 e. The zero-order chi connectivity index (χ0) is 22.0. The van der Waals surface area contributed by atoms with E-state index >= 15 is 0 Å². The lowest BCUT2D eigenvalue weighted by molar-refractivity contribution is -0.130. The van der Waals surface area contributed by atoms with Crippen molar-refractivity contribution in [3.05, 3.63) is 41.9 Å². The molecule has 1 aliphatic rings. The molecule has 8 heteroatoms. The van der Waals surface area contributed by atoms with Crippen molar-refractivity contribution in [3.63, 3.8) is 0 Å². The summed E-state index contributed by atoms with van der Waals surface area (Å²) in [6, 6.07) is 10.1. The molecule has 1 fully saturated rings. The second kappa shape index (κ2) is 9.22. The van der Waals surface area contributed by atoms with Crippen LogP contribution in [0.15, 0.2) is 30.3 Å². The monoisotopic (exact) mass is 440 g/mol. The number of piperazine rings is 1. The molecule has 1 aliphatic heterocycles. The molecule has 0 aliphatic carbocycles. The standard InChI is InChI=1S/C23H29ClN6O/c1-4-5-11-19-25-21(28-12-14-29(15-13-28)23(31)16(2)24)20-17(3)27-30(22(20)26-19)18-9-7-6-8-10-18/h6-10,16H,4-5,11-15H2,1-3H3. The summed E-state index contributed by atoms with van der Waals surface area (Å²) < 4.78 is 1.92. The summed E-state index contributed by atoms with van der Waals surface area (Å²) in [5.74, 6) is 1.75. The molecule has 3 aromatic rings. The Labute approximate surface area is 188 Å². The first kappa shape index (κ1) is 21.6. The van der Waals surface area contributed by atoms with Gasteiger partial charge in [0.15, 0.2) is 5.65 Å². The first-order valence-corrected chi connectivity index (χ1v) is 11.4. The largest absolute Gasteiger partial charge is 0.352 e. The van der Waals surface area contributed by atoms with Crippen molar-refractivity contribution in [1.82, 2.24) is 24.6 Å². The summed E-state index contributed by atoms with van der Waals surface area (Å²) in [6.45, 7) is 8.61. The van der Waals surface area contributed by atoms with E-state index in [-0.39, 0.29) is 5.91 Å². The fourth-order valence-electron chi connectivity index (χ4n) is 4.02. The molecule has 0 saturated carbocycles. The highest BCUT2D eigenvalue weighted by atomic mass is 35.5. The molecule has 31 heavy (non-hydrogen) atoms. The van der Waals surface area contributed by atoms with E-state index in [1.165, 1.54) is 0 Å². The summed E-state index contributed by atoms with van der Waals surface area (Å²) in [6.07, 6.45) is 2.96. The average Bonchev–Trinajstić information content (AvgIpc) is 3.13. The molecule has 2 aromatic heterocycles. The Hall–Kier alpha value is -2.67. The van der Waals surface area contributed by atoms with Crippen LogP contribution in [0, 0.1) is 6.92 Å². The molecular weight excluding hydrogens is 412 g/mol. The topological polar surface area (TPSA) is 67.2 Å². The van der Waals surface area contributed by atoms with Crippen molar-refractivity contribution in [3.8, 4) is 5.69 Å². The molecule has 0 bridgehead atoms. The number of carbonyl (C=O) groups excluding carboxylic acids is 1. The molecule has 164 valence electrons. The highest BCUT2D eigenvalue weighted by Crippen LogP contribution is 2.30. The van der Waals surface area contributed by atoms with Crippen molar-refractivity contribution in [2.24, 2.45) is 0 Å². The van der Waals surface area contributed by atoms with E-state index in [1.54, 1.807) is 6.92 Å². The van der Waals surface area contributed by atoms with Crippen molar-refractivity contribution in [1.29, 1.82) is 0 Å². The zero-order valence-electron chi connectivity index (χ0n) is 18.4. The molecule has 1 unspecified atom stereocenters. The van der Waals surface area contributed by atoms with Gasteiger partial charge in [-0.1, -0.05) is 31.5 Å². The zero-order valence-corrected chi connectivity index (χ0v) is 19.1. The number of nitrogens with zero attached hydrogens (tertiary/aromatic N) is 6. The van der Waals surface area contributed by atoms with Crippen LogP contribution in [0.25, 0.3) is 16.7 Å². The van der Waals surface area contributed by atoms with Gasteiger partial charge in [0, 0.05) is 32.6 Å². The van der Waals surface area contributed by atoms with E-state index in [0.29, 0.717) is 26.2 Å². The molecule has 4 rings (SSSR count). The van der Waals surface area contributed by atoms with E-state index in [4.69, 9.17) is 26.7 Å². The fraction of sp³-hybridized carbons (Fsp3) is 0.478. The molecule has 7 nitrogen and oxygen atoms in total. The van der Waals surface area contributed by atoms with Crippen LogP contribution in [0.4, 0.5) is 5.82 Å². The summed E-state index contributed by atoms with van der Waals surface area (Å²) in [5.41, 5.74) is 2.73. The number of rotatable bonds is 6. The van der Waals surface area contributed by atoms with E-state index in [0.717, 1.165) is 53.3 Å². The van der Waals surface area contributed by atoms with Crippen LogP contribution in [0.2, 0.25) is 0 Å². The Bertz CT molecular complexity index is 1060. The maximum Gasteiger partial charge on any atom is 0.240 e. The van der Waals surface area contributed by atoms with Crippen LogP contribution in [0.5, 0.6) is 0 Å². The lowest BCUT2D eigenvalue weighted by atomic mass is 10.2. The summed E-state index contributed by atoms with van der Waals surface area (Å²) >= 11 is 6.01. The lowest BCUT2D eigenvalue weighted by Crippen LogP contribution is -2.50. The highest BCUT2D eigenvalue weighted by Gasteiger charge is 2.27. The number of hydrogen-bond acceptors (Lipinski definition) is 5. The summed E-state index contributed by atoms with van der Waals surface area (Å²) in [7, 11) is 0. The van der Waals surface area contributed by atoms with Crippen LogP contribution >= 0.6 is 11.6 Å². The van der Waals surface area contributed by atoms with Gasteiger partial charge in [0.05, 0.1) is 16.8 Å². The molecule has 1 atom stereocenters. The molecular formula is C23H29ClN6O. The first-order chi connectivity index (χ1) is 15.0. The van der Waals surface area contributed by atoms with Gasteiger partial charge in [-0.3, -0.25) is 4.79 Å². The van der Waals surface area contributed by atoms with Crippen LogP contribution in [-0.2, 0) is 11.2 Å². The third kappa shape index (κ3) is 4.37. The fourth-order valence-corrected chi connectivity index (χ4v) is 4.16. The number of para-hydroxylation sites is 1. The highest BCUT2D eigenvalue weighted by molar-refractivity contribution is 6.30. The Morgan fingerprint density at radius 3 is 2.48 bits per heavy atom. The average molecular weight is 441 g/mol. The maximum atomic E-state index is 12.3. The first-order valence-electron chi connectivity index (χ1n) is 11.0. The lowest BCUT2D eigenvalue weighted by Gasteiger charge is -2.36. The van der Waals surface area contributed by atoms with Gasteiger partial charge in [0.25, 0.3) is 0 Å². The molecule has 1 aromatic carbocycles. The quantitative estimate of drug-likeness (QED) is 0.546. The SMILES string of the molecule is CCCCc1nc(N2CCN(C(=O)C(C)Cl)CC2)c2c(C)nn(-c3ccccc3)c2n1. The number of halogens is 1. The van der Waals surface area contributed by atoms with Gasteiger partial charge in [-0.05, 0) is 32.4 Å². The minimum atomic E-state index is -0.496. The third-order valence-electron chi connectivity index (χ3n) is 5.72. The summed E-state index contributed by atoms with van der Waals surface area (Å²) in [5, 5.41) is 5.29. The van der Waals surface area contributed by atoms with Gasteiger partial charge in [0.1, 0.15) is 17.0 Å². The Morgan fingerprint density at radius 1 is 1.13 bits per heavy atom. The number of amides is 1. The molecule has 0 spiro atoms. The van der Waals surface area contributed by atoms with Gasteiger partial charge in [-0.15, -0.1) is 11.6 Å². The van der Waals surface area contributed by atoms with E-state index in [9.17, 15) is 4.79 Å². The van der Waals surface area contributed by atoms with Crippen molar-refractivity contribution in [2.45, 2.75) is 45.4 Å². The molecule has 0 N–H and O–H groups in total. The third-order valence-corrected chi connectivity index (χ3v) is 5.90. The minimum absolute atomic E-state index is 0.00846. The van der Waals surface area contributed by atoms with Gasteiger partial charge < -0.3 is 9.80 Å². The van der Waals surface area contributed by atoms with Gasteiger partial charge in [0.2, 0.25) is 5.91 Å². The summed E-state index contributed by atoms with van der Waals surface area (Å²) in [4.78, 5) is 26.3. The molecule has 3 heterocycles. The van der Waals surface area contributed by atoms with Gasteiger partial charge in [-0.25, -0.2) is 14.6 Å². The maximum absolute atomic E-state index is 12.3. The van der Waals surface area contributed by atoms with Gasteiger partial charge in [-0.2, -0.15) is 5.10 Å². The van der Waals surface area contributed by atoms with E-state index in [2.05, 4.69) is 11.8 Å². The van der Waals surface area contributed by atoms with E-state index < -0.39 is 5.38 Å². The Kier molecular flexibility index (Phi) is 6.41. The molecule has 0 radical (unpaired) electrons. The van der Waals surface area contributed by atoms with Crippen molar-refractivity contribution in [2.75, 3.05) is 31.1 Å². The number of hydrogen-bond donors (Lipinski definition) is 0. The number of unbranched alkanes of at least 4 members (excludes halogenated alkanes) is 1. The van der Waals surface area contributed by atoms with Crippen LogP contribution in [-0.4, -0.2) is 62.1 Å². The Morgan fingerprint density at radius 2 is 1.84 bits per heavy atom.